The number of halogens is 2. The fraction of sp³-hybridized carbons (Fsp3) is 0.393. The SMILES string of the molecule is Cn1c(=O)c2c(nc(N3CCC[C@@H](NC(=O)OC(C)(C)C)C3)n2Cc2ccccc2Cl)c2cc(F)ccc21. The molecule has 10 heteroatoms. The third-order valence-corrected chi connectivity index (χ3v) is 7.11. The number of amides is 1. The summed E-state index contributed by atoms with van der Waals surface area (Å²) in [7, 11) is 1.68. The van der Waals surface area contributed by atoms with Gasteiger partial charge in [-0.25, -0.2) is 14.2 Å². The van der Waals surface area contributed by atoms with Gasteiger partial charge in [-0.1, -0.05) is 29.8 Å². The Balaban J connectivity index is 1.62. The van der Waals surface area contributed by atoms with E-state index in [2.05, 4.69) is 10.2 Å². The van der Waals surface area contributed by atoms with Gasteiger partial charge >= 0.3 is 6.09 Å². The average Bonchev–Trinajstić information content (AvgIpc) is 3.22. The molecule has 200 valence electrons. The molecule has 8 nitrogen and oxygen atoms in total. The van der Waals surface area contributed by atoms with Gasteiger partial charge in [0.25, 0.3) is 5.56 Å². The second-order valence-corrected chi connectivity index (χ2v) is 11.2. The first-order valence-electron chi connectivity index (χ1n) is 12.7. The fourth-order valence-electron chi connectivity index (χ4n) is 5.04. The highest BCUT2D eigenvalue weighted by molar-refractivity contribution is 6.31. The summed E-state index contributed by atoms with van der Waals surface area (Å²) in [5.74, 6) is 0.170. The van der Waals surface area contributed by atoms with Gasteiger partial charge < -0.3 is 24.1 Å². The average molecular weight is 540 g/mol. The Labute approximate surface area is 225 Å². The molecule has 38 heavy (non-hydrogen) atoms. The zero-order valence-corrected chi connectivity index (χ0v) is 22.7. The minimum Gasteiger partial charge on any atom is -0.444 e. The van der Waals surface area contributed by atoms with E-state index in [1.54, 1.807) is 19.2 Å². The number of hydrogen-bond donors (Lipinski definition) is 1. The number of nitrogens with zero attached hydrogens (tertiary/aromatic N) is 4. The van der Waals surface area contributed by atoms with E-state index in [0.29, 0.717) is 52.5 Å². The highest BCUT2D eigenvalue weighted by atomic mass is 35.5. The van der Waals surface area contributed by atoms with Crippen molar-refractivity contribution >= 4 is 45.6 Å². The normalized spacial score (nSPS) is 16.3. The van der Waals surface area contributed by atoms with Crippen LogP contribution in [0.15, 0.2) is 47.3 Å². The summed E-state index contributed by atoms with van der Waals surface area (Å²) in [5.41, 5.74) is 1.41. The number of hydrogen-bond acceptors (Lipinski definition) is 5. The van der Waals surface area contributed by atoms with E-state index in [4.69, 9.17) is 21.3 Å². The predicted octanol–water partition coefficient (Wildman–Crippen LogP) is 5.22. The second-order valence-electron chi connectivity index (χ2n) is 10.7. The van der Waals surface area contributed by atoms with Crippen LogP contribution in [0.5, 0.6) is 0 Å². The Kier molecular flexibility index (Phi) is 6.81. The molecule has 0 unspecified atom stereocenters. The molecule has 1 aliphatic heterocycles. The molecule has 2 aromatic heterocycles. The van der Waals surface area contributed by atoms with Crippen molar-refractivity contribution in [1.82, 2.24) is 19.4 Å². The van der Waals surface area contributed by atoms with Crippen LogP contribution in [-0.2, 0) is 18.3 Å². The number of carbonyl (C=O) groups excluding carboxylic acids is 1. The van der Waals surface area contributed by atoms with Crippen LogP contribution in [0.2, 0.25) is 5.02 Å². The first-order valence-corrected chi connectivity index (χ1v) is 13.1. The molecule has 1 saturated heterocycles. The molecule has 0 saturated carbocycles. The van der Waals surface area contributed by atoms with Gasteiger partial charge in [0, 0.05) is 36.6 Å². The maximum atomic E-state index is 14.3. The van der Waals surface area contributed by atoms with Gasteiger partial charge in [0.05, 0.1) is 12.1 Å². The third kappa shape index (κ3) is 5.07. The van der Waals surface area contributed by atoms with Crippen molar-refractivity contribution in [2.75, 3.05) is 18.0 Å². The fourth-order valence-corrected chi connectivity index (χ4v) is 5.24. The van der Waals surface area contributed by atoms with Crippen LogP contribution >= 0.6 is 11.6 Å². The lowest BCUT2D eigenvalue weighted by Crippen LogP contribution is -2.49. The molecule has 1 amide bonds. The van der Waals surface area contributed by atoms with Gasteiger partial charge in [-0.15, -0.1) is 0 Å². The summed E-state index contributed by atoms with van der Waals surface area (Å²) in [6, 6.07) is 11.6. The first kappa shape index (κ1) is 26.0. The topological polar surface area (TPSA) is 81.4 Å². The van der Waals surface area contributed by atoms with Crippen LogP contribution in [-0.4, -0.2) is 44.9 Å². The predicted molar refractivity (Wildman–Crippen MR) is 148 cm³/mol. The van der Waals surface area contributed by atoms with Crippen LogP contribution < -0.4 is 15.8 Å². The largest absolute Gasteiger partial charge is 0.444 e. The number of aromatic nitrogens is 3. The number of ether oxygens (including phenoxy) is 1. The summed E-state index contributed by atoms with van der Waals surface area (Å²) in [4.78, 5) is 33.1. The van der Waals surface area contributed by atoms with Gasteiger partial charge in [-0.05, 0) is 63.4 Å². The van der Waals surface area contributed by atoms with Gasteiger partial charge in [0.15, 0.2) is 0 Å². The second kappa shape index (κ2) is 9.94. The third-order valence-electron chi connectivity index (χ3n) is 6.74. The molecule has 4 aromatic rings. The number of pyridine rings is 1. The molecule has 0 aliphatic carbocycles. The maximum absolute atomic E-state index is 14.3. The van der Waals surface area contributed by atoms with Gasteiger partial charge in [0.2, 0.25) is 5.95 Å². The van der Waals surface area contributed by atoms with Gasteiger partial charge in [0.1, 0.15) is 22.5 Å². The Bertz CT molecular complexity index is 1590. The highest BCUT2D eigenvalue weighted by Crippen LogP contribution is 2.31. The standard InChI is InChI=1S/C28H31ClFN5O3/c1-28(2,3)38-27(37)31-19-9-7-13-34(16-19)26-32-23-20-14-18(30)11-12-22(20)33(4)25(36)24(23)35(26)15-17-8-5-6-10-21(17)29/h5-6,8,10-12,14,19H,7,9,13,15-16H2,1-4H3,(H,31,37)/t19-/m1/s1. The van der Waals surface area contributed by atoms with Crippen LogP contribution in [0, 0.1) is 5.82 Å². The Morgan fingerprint density at radius 1 is 1.24 bits per heavy atom. The summed E-state index contributed by atoms with van der Waals surface area (Å²) in [6.07, 6.45) is 1.13. The summed E-state index contributed by atoms with van der Waals surface area (Å²) in [6.45, 7) is 6.95. The lowest BCUT2D eigenvalue weighted by Gasteiger charge is -2.34. The van der Waals surface area contributed by atoms with E-state index in [1.165, 1.54) is 16.7 Å². The molecule has 1 N–H and O–H groups in total. The minimum atomic E-state index is -0.599. The Morgan fingerprint density at radius 2 is 2.00 bits per heavy atom. The first-order chi connectivity index (χ1) is 18.0. The molecule has 0 spiro atoms. The van der Waals surface area contributed by atoms with E-state index in [1.807, 2.05) is 43.5 Å². The number of anilines is 1. The van der Waals surface area contributed by atoms with Crippen LogP contribution in [0.1, 0.15) is 39.2 Å². The Hall–Kier alpha value is -3.59. The summed E-state index contributed by atoms with van der Waals surface area (Å²) in [5, 5.41) is 4.10. The van der Waals surface area contributed by atoms with Crippen molar-refractivity contribution in [3.63, 3.8) is 0 Å². The number of benzene rings is 2. The van der Waals surface area contributed by atoms with Crippen molar-refractivity contribution in [1.29, 1.82) is 0 Å². The van der Waals surface area contributed by atoms with E-state index in [-0.39, 0.29) is 11.6 Å². The van der Waals surface area contributed by atoms with E-state index in [0.717, 1.165) is 18.4 Å². The number of carbonyl (C=O) groups is 1. The monoisotopic (exact) mass is 539 g/mol. The van der Waals surface area contributed by atoms with Gasteiger partial charge in [-0.2, -0.15) is 0 Å². The molecule has 2 aromatic carbocycles. The number of fused-ring (bicyclic) bond motifs is 3. The number of nitrogens with one attached hydrogen (secondary N) is 1. The molecular formula is C28H31ClFN5O3. The maximum Gasteiger partial charge on any atom is 0.407 e. The molecule has 1 atom stereocenters. The van der Waals surface area contributed by atoms with Crippen LogP contribution in [0.4, 0.5) is 15.1 Å². The molecule has 5 rings (SSSR count). The minimum absolute atomic E-state index is 0.163. The smallest absolute Gasteiger partial charge is 0.407 e. The van der Waals surface area contributed by atoms with Crippen molar-refractivity contribution in [2.24, 2.45) is 7.05 Å². The lowest BCUT2D eigenvalue weighted by molar-refractivity contribution is 0.0499. The number of alkyl carbamates (subject to hydrolysis) is 1. The molecule has 1 fully saturated rings. The molecule has 0 radical (unpaired) electrons. The molecule has 1 aliphatic rings. The number of imidazole rings is 1. The number of aryl methyl sites for hydroxylation is 1. The molecule has 0 bridgehead atoms. The Morgan fingerprint density at radius 3 is 2.74 bits per heavy atom. The van der Waals surface area contributed by atoms with Crippen LogP contribution in [0.25, 0.3) is 21.9 Å². The van der Waals surface area contributed by atoms with Crippen LogP contribution in [0.3, 0.4) is 0 Å². The molecular weight excluding hydrogens is 509 g/mol. The highest BCUT2D eigenvalue weighted by Gasteiger charge is 2.29. The summed E-state index contributed by atoms with van der Waals surface area (Å²) >= 11 is 6.51. The van der Waals surface area contributed by atoms with Gasteiger partial charge in [-0.3, -0.25) is 4.79 Å². The number of piperidine rings is 1. The van der Waals surface area contributed by atoms with E-state index in [9.17, 15) is 14.0 Å². The summed E-state index contributed by atoms with van der Waals surface area (Å²) < 4.78 is 23.2. The zero-order valence-electron chi connectivity index (χ0n) is 21.9. The number of rotatable bonds is 4. The van der Waals surface area contributed by atoms with Crippen molar-refractivity contribution < 1.29 is 13.9 Å². The molecule has 3 heterocycles. The zero-order chi connectivity index (χ0) is 27.2. The van der Waals surface area contributed by atoms with Crippen molar-refractivity contribution in [3.8, 4) is 0 Å². The lowest BCUT2D eigenvalue weighted by atomic mass is 10.1. The quantitative estimate of drug-likeness (QED) is 0.384. The van der Waals surface area contributed by atoms with Crippen molar-refractivity contribution in [2.45, 2.75) is 51.8 Å². The van der Waals surface area contributed by atoms with E-state index < -0.39 is 17.5 Å². The van der Waals surface area contributed by atoms with E-state index >= 15 is 0 Å². The van der Waals surface area contributed by atoms with Crippen molar-refractivity contribution in [3.05, 3.63) is 69.2 Å².